The molecule has 0 aliphatic heterocycles. The average Bonchev–Trinajstić information content (AvgIpc) is 2.41. The Hall–Kier alpha value is -2.08. The van der Waals surface area contributed by atoms with E-state index in [0.717, 1.165) is 11.3 Å². The summed E-state index contributed by atoms with van der Waals surface area (Å²) in [6, 6.07) is 7.98. The van der Waals surface area contributed by atoms with Crippen molar-refractivity contribution in [3.8, 4) is 5.75 Å². The van der Waals surface area contributed by atoms with Crippen LogP contribution in [0.2, 0.25) is 13.1 Å². The molecule has 0 bridgehead atoms. The summed E-state index contributed by atoms with van der Waals surface area (Å²) in [5.74, 6) is 1.49. The van der Waals surface area contributed by atoms with Crippen LogP contribution in [0.3, 0.4) is 0 Å². The first-order chi connectivity index (χ1) is 9.25. The highest BCUT2D eigenvalue weighted by atomic mass is 28.3. The third-order valence-electron chi connectivity index (χ3n) is 2.32. The van der Waals surface area contributed by atoms with Crippen LogP contribution in [0.4, 0.5) is 0 Å². The lowest BCUT2D eigenvalue weighted by atomic mass is 10.2. The molecule has 19 heavy (non-hydrogen) atoms. The van der Waals surface area contributed by atoms with Crippen molar-refractivity contribution in [3.63, 3.8) is 0 Å². The first-order valence-electron chi connectivity index (χ1n) is 6.12. The zero-order valence-electron chi connectivity index (χ0n) is 11.0. The number of aliphatic imine (C=N–C) groups is 1. The SMILES string of the molecule is C[SiH](C)Oc1ccccc1CN=Cc1ncncn1. The molecule has 0 N–H and O–H groups in total. The molecule has 0 fully saturated rings. The van der Waals surface area contributed by atoms with Crippen LogP contribution < -0.4 is 4.43 Å². The molecular formula is C13H16N4OSi. The zero-order valence-corrected chi connectivity index (χ0v) is 12.2. The molecule has 1 aromatic carbocycles. The molecule has 0 radical (unpaired) electrons. The van der Waals surface area contributed by atoms with E-state index in [4.69, 9.17) is 4.43 Å². The summed E-state index contributed by atoms with van der Waals surface area (Å²) in [5.41, 5.74) is 1.08. The number of benzene rings is 1. The molecule has 5 nitrogen and oxygen atoms in total. The standard InChI is InChI=1S/C13H16N4OSi/c1-19(2)18-12-6-4-3-5-11(12)7-14-8-13-16-9-15-10-17-13/h3-6,8-10,19H,7H2,1-2H3. The summed E-state index contributed by atoms with van der Waals surface area (Å²) in [5, 5.41) is 0. The number of hydrogen-bond acceptors (Lipinski definition) is 5. The van der Waals surface area contributed by atoms with Gasteiger partial charge in [0.05, 0.1) is 12.8 Å². The number of aromatic nitrogens is 3. The van der Waals surface area contributed by atoms with E-state index in [2.05, 4.69) is 33.0 Å². The molecule has 0 atom stereocenters. The lowest BCUT2D eigenvalue weighted by molar-refractivity contribution is 0.572. The van der Waals surface area contributed by atoms with Gasteiger partial charge in [-0.15, -0.1) is 0 Å². The van der Waals surface area contributed by atoms with Gasteiger partial charge in [-0.1, -0.05) is 18.2 Å². The minimum absolute atomic E-state index is 0.559. The normalized spacial score (nSPS) is 11.1. The van der Waals surface area contributed by atoms with E-state index < -0.39 is 9.04 Å². The van der Waals surface area contributed by atoms with E-state index in [1.54, 1.807) is 6.21 Å². The lowest BCUT2D eigenvalue weighted by Gasteiger charge is -2.12. The van der Waals surface area contributed by atoms with Crippen molar-refractivity contribution in [2.75, 3.05) is 0 Å². The Kier molecular flexibility index (Phi) is 4.74. The second-order valence-corrected chi connectivity index (χ2v) is 6.57. The molecule has 2 aromatic rings. The predicted molar refractivity (Wildman–Crippen MR) is 77.1 cm³/mol. The first-order valence-corrected chi connectivity index (χ1v) is 8.90. The van der Waals surface area contributed by atoms with Gasteiger partial charge in [0, 0.05) is 5.56 Å². The van der Waals surface area contributed by atoms with Crippen LogP contribution in [0, 0.1) is 0 Å². The van der Waals surface area contributed by atoms with Crippen molar-refractivity contribution < 1.29 is 4.43 Å². The highest BCUT2D eigenvalue weighted by Crippen LogP contribution is 2.19. The first kappa shape index (κ1) is 13.4. The molecule has 98 valence electrons. The highest BCUT2D eigenvalue weighted by Gasteiger charge is 2.04. The zero-order chi connectivity index (χ0) is 13.5. The maximum Gasteiger partial charge on any atom is 0.229 e. The second kappa shape index (κ2) is 6.74. The Balaban J connectivity index is 2.05. The summed E-state index contributed by atoms with van der Waals surface area (Å²) in [6.07, 6.45) is 4.55. The van der Waals surface area contributed by atoms with Crippen LogP contribution in [0.5, 0.6) is 5.75 Å². The average molecular weight is 272 g/mol. The summed E-state index contributed by atoms with van der Waals surface area (Å²) in [4.78, 5) is 16.1. The van der Waals surface area contributed by atoms with Crippen LogP contribution >= 0.6 is 0 Å². The Labute approximate surface area is 114 Å². The Bertz CT molecular complexity index is 545. The molecule has 1 aromatic heterocycles. The van der Waals surface area contributed by atoms with Gasteiger partial charge >= 0.3 is 0 Å². The van der Waals surface area contributed by atoms with Gasteiger partial charge in [-0.05, 0) is 19.2 Å². The smallest absolute Gasteiger partial charge is 0.229 e. The van der Waals surface area contributed by atoms with E-state index in [-0.39, 0.29) is 0 Å². The second-order valence-electron chi connectivity index (χ2n) is 4.24. The fraction of sp³-hybridized carbons (Fsp3) is 0.231. The number of hydrogen-bond donors (Lipinski definition) is 0. The third-order valence-corrected chi connectivity index (χ3v) is 3.04. The van der Waals surface area contributed by atoms with E-state index in [1.807, 2.05) is 24.3 Å². The number of nitrogens with zero attached hydrogens (tertiary/aromatic N) is 4. The molecule has 0 amide bonds. The van der Waals surface area contributed by atoms with Crippen LogP contribution in [0.1, 0.15) is 11.4 Å². The summed E-state index contributed by atoms with van der Waals surface area (Å²) >= 11 is 0. The monoisotopic (exact) mass is 272 g/mol. The number of rotatable bonds is 5. The number of para-hydroxylation sites is 1. The van der Waals surface area contributed by atoms with Gasteiger partial charge < -0.3 is 4.43 Å². The summed E-state index contributed by atoms with van der Waals surface area (Å²) < 4.78 is 5.87. The minimum atomic E-state index is -1.10. The third kappa shape index (κ3) is 4.25. The van der Waals surface area contributed by atoms with Gasteiger partial charge in [0.15, 0.2) is 5.82 Å². The van der Waals surface area contributed by atoms with Crippen LogP contribution in [0.15, 0.2) is 41.9 Å². The quantitative estimate of drug-likeness (QED) is 0.615. The van der Waals surface area contributed by atoms with Crippen molar-refractivity contribution in [2.24, 2.45) is 4.99 Å². The Morgan fingerprint density at radius 1 is 1.21 bits per heavy atom. The van der Waals surface area contributed by atoms with Crippen molar-refractivity contribution in [3.05, 3.63) is 48.3 Å². The summed E-state index contributed by atoms with van der Waals surface area (Å²) in [7, 11) is -1.10. The van der Waals surface area contributed by atoms with Gasteiger partial charge in [0.1, 0.15) is 18.4 Å². The molecule has 0 saturated carbocycles. The maximum atomic E-state index is 5.87. The van der Waals surface area contributed by atoms with E-state index in [1.165, 1.54) is 12.7 Å². The molecular weight excluding hydrogens is 256 g/mol. The van der Waals surface area contributed by atoms with Gasteiger partial charge in [0.25, 0.3) is 0 Å². The fourth-order valence-electron chi connectivity index (χ4n) is 1.54. The largest absolute Gasteiger partial charge is 0.547 e. The van der Waals surface area contributed by atoms with Crippen molar-refractivity contribution in [1.29, 1.82) is 0 Å². The van der Waals surface area contributed by atoms with Crippen molar-refractivity contribution in [1.82, 2.24) is 15.0 Å². The molecule has 0 aliphatic carbocycles. The molecule has 1 heterocycles. The molecule has 6 heteroatoms. The van der Waals surface area contributed by atoms with Crippen LogP contribution in [0.25, 0.3) is 0 Å². The lowest BCUT2D eigenvalue weighted by Crippen LogP contribution is -2.12. The van der Waals surface area contributed by atoms with E-state index >= 15 is 0 Å². The molecule has 0 spiro atoms. The molecule has 0 saturated heterocycles. The maximum absolute atomic E-state index is 5.87. The fourth-order valence-corrected chi connectivity index (χ4v) is 2.28. The van der Waals surface area contributed by atoms with Gasteiger partial charge in [-0.3, -0.25) is 4.99 Å². The van der Waals surface area contributed by atoms with Crippen molar-refractivity contribution >= 4 is 15.3 Å². The van der Waals surface area contributed by atoms with Gasteiger partial charge in [-0.2, -0.15) is 0 Å². The van der Waals surface area contributed by atoms with Crippen LogP contribution in [-0.4, -0.2) is 30.2 Å². The van der Waals surface area contributed by atoms with Gasteiger partial charge in [-0.25, -0.2) is 15.0 Å². The summed E-state index contributed by atoms with van der Waals surface area (Å²) in [6.45, 7) is 4.85. The Morgan fingerprint density at radius 3 is 2.68 bits per heavy atom. The van der Waals surface area contributed by atoms with Crippen molar-refractivity contribution in [2.45, 2.75) is 19.6 Å². The minimum Gasteiger partial charge on any atom is -0.547 e. The molecule has 2 rings (SSSR count). The molecule has 0 unspecified atom stereocenters. The van der Waals surface area contributed by atoms with Crippen LogP contribution in [-0.2, 0) is 6.54 Å². The van der Waals surface area contributed by atoms with Gasteiger partial charge in [0.2, 0.25) is 9.04 Å². The predicted octanol–water partition coefficient (Wildman–Crippen LogP) is 1.85. The Morgan fingerprint density at radius 2 is 1.95 bits per heavy atom. The van der Waals surface area contributed by atoms with E-state index in [9.17, 15) is 0 Å². The topological polar surface area (TPSA) is 60.3 Å². The molecule has 0 aliphatic rings. The van der Waals surface area contributed by atoms with E-state index in [0.29, 0.717) is 12.4 Å². The highest BCUT2D eigenvalue weighted by molar-refractivity contribution is 6.49.